The van der Waals surface area contributed by atoms with Gasteiger partial charge < -0.3 is 10.6 Å². The highest BCUT2D eigenvalue weighted by molar-refractivity contribution is 5.80. The molecular formula is C11H9F3N4O3. The smallest absolute Gasteiger partial charge is 0.376 e. The number of nitro benzene ring substituents is 1. The van der Waals surface area contributed by atoms with Gasteiger partial charge in [0.15, 0.2) is 0 Å². The third kappa shape index (κ3) is 5.35. The summed E-state index contributed by atoms with van der Waals surface area (Å²) in [7, 11) is 0. The molecular weight excluding hydrogens is 293 g/mol. The molecule has 0 aromatic heterocycles. The molecule has 7 nitrogen and oxygen atoms in total. The molecule has 1 aromatic carbocycles. The van der Waals surface area contributed by atoms with Crippen LogP contribution in [0.4, 0.5) is 24.5 Å². The van der Waals surface area contributed by atoms with Crippen LogP contribution in [0.2, 0.25) is 0 Å². The summed E-state index contributed by atoms with van der Waals surface area (Å²) in [6, 6.07) is 5.06. The van der Waals surface area contributed by atoms with E-state index < -0.39 is 35.8 Å². The SMILES string of the molecule is N#Cc1cc(NCC(=O)NCC(F)(F)F)ccc1[N+](=O)[O-]. The molecule has 0 fully saturated rings. The Balaban J connectivity index is 2.63. The molecule has 0 unspecified atom stereocenters. The minimum absolute atomic E-state index is 0.208. The Bertz CT molecular complexity index is 595. The third-order valence-corrected chi connectivity index (χ3v) is 2.25. The highest BCUT2D eigenvalue weighted by Gasteiger charge is 2.27. The minimum Gasteiger partial charge on any atom is -0.376 e. The van der Waals surface area contributed by atoms with Crippen LogP contribution < -0.4 is 10.6 Å². The van der Waals surface area contributed by atoms with E-state index in [2.05, 4.69) is 5.32 Å². The zero-order chi connectivity index (χ0) is 16.0. The van der Waals surface area contributed by atoms with E-state index in [1.165, 1.54) is 6.07 Å². The molecule has 0 bridgehead atoms. The fourth-order valence-electron chi connectivity index (χ4n) is 1.34. The Morgan fingerprint density at radius 1 is 1.43 bits per heavy atom. The van der Waals surface area contributed by atoms with E-state index in [0.717, 1.165) is 12.1 Å². The number of nitriles is 1. The average Bonchev–Trinajstić information content (AvgIpc) is 2.41. The first-order valence-corrected chi connectivity index (χ1v) is 5.49. The third-order valence-electron chi connectivity index (χ3n) is 2.25. The van der Waals surface area contributed by atoms with Gasteiger partial charge in [-0.2, -0.15) is 18.4 Å². The Morgan fingerprint density at radius 3 is 2.62 bits per heavy atom. The first-order valence-electron chi connectivity index (χ1n) is 5.49. The van der Waals surface area contributed by atoms with E-state index in [0.29, 0.717) is 0 Å². The second-order valence-corrected chi connectivity index (χ2v) is 3.85. The van der Waals surface area contributed by atoms with E-state index in [4.69, 9.17) is 5.26 Å². The molecule has 0 spiro atoms. The van der Waals surface area contributed by atoms with Crippen molar-refractivity contribution in [2.75, 3.05) is 18.4 Å². The quantitative estimate of drug-likeness (QED) is 0.634. The number of hydrogen-bond donors (Lipinski definition) is 2. The summed E-state index contributed by atoms with van der Waals surface area (Å²) in [5, 5.41) is 23.5. The maximum atomic E-state index is 11.9. The average molecular weight is 302 g/mol. The molecule has 10 heteroatoms. The summed E-state index contributed by atoms with van der Waals surface area (Å²) in [4.78, 5) is 21.0. The van der Waals surface area contributed by atoms with Crippen LogP contribution in [-0.2, 0) is 4.79 Å². The molecule has 0 saturated heterocycles. The lowest BCUT2D eigenvalue weighted by molar-refractivity contribution is -0.385. The molecule has 0 aliphatic heterocycles. The molecule has 2 N–H and O–H groups in total. The summed E-state index contributed by atoms with van der Waals surface area (Å²) >= 11 is 0. The fourth-order valence-corrected chi connectivity index (χ4v) is 1.34. The summed E-state index contributed by atoms with van der Waals surface area (Å²) in [6.45, 7) is -1.91. The number of halogens is 3. The van der Waals surface area contributed by atoms with E-state index in [-0.39, 0.29) is 11.3 Å². The molecule has 21 heavy (non-hydrogen) atoms. The van der Waals surface area contributed by atoms with Gasteiger partial charge in [0, 0.05) is 11.8 Å². The van der Waals surface area contributed by atoms with Crippen LogP contribution in [0.15, 0.2) is 18.2 Å². The van der Waals surface area contributed by atoms with Gasteiger partial charge in [-0.15, -0.1) is 0 Å². The molecule has 0 aliphatic rings. The largest absolute Gasteiger partial charge is 0.405 e. The number of anilines is 1. The Morgan fingerprint density at radius 2 is 2.10 bits per heavy atom. The maximum Gasteiger partial charge on any atom is 0.405 e. The fraction of sp³-hybridized carbons (Fsp3) is 0.273. The van der Waals surface area contributed by atoms with Crippen molar-refractivity contribution in [3.63, 3.8) is 0 Å². The second-order valence-electron chi connectivity index (χ2n) is 3.85. The number of amides is 1. The minimum atomic E-state index is -4.50. The van der Waals surface area contributed by atoms with Crippen molar-refractivity contribution < 1.29 is 22.9 Å². The zero-order valence-electron chi connectivity index (χ0n) is 10.4. The highest BCUT2D eigenvalue weighted by Crippen LogP contribution is 2.21. The Labute approximate surface area is 116 Å². The standard InChI is InChI=1S/C11H9F3N4O3/c12-11(13,14)6-17-10(19)5-16-8-1-2-9(18(20)21)7(3-8)4-15/h1-3,16H,5-6H2,(H,17,19). The van der Waals surface area contributed by atoms with Gasteiger partial charge in [-0.25, -0.2) is 0 Å². The molecule has 0 radical (unpaired) electrons. The Kier molecular flexibility index (Phi) is 5.06. The second kappa shape index (κ2) is 6.56. The lowest BCUT2D eigenvalue weighted by atomic mass is 10.2. The van der Waals surface area contributed by atoms with Gasteiger partial charge in [-0.3, -0.25) is 14.9 Å². The van der Waals surface area contributed by atoms with Crippen LogP contribution in [-0.4, -0.2) is 30.1 Å². The van der Waals surface area contributed by atoms with Crippen molar-refractivity contribution in [2.24, 2.45) is 0 Å². The van der Waals surface area contributed by atoms with Gasteiger partial charge in [-0.1, -0.05) is 0 Å². The number of carbonyl (C=O) groups is 1. The molecule has 0 aliphatic carbocycles. The molecule has 0 saturated carbocycles. The Hall–Kier alpha value is -2.83. The van der Waals surface area contributed by atoms with Crippen LogP contribution in [0.25, 0.3) is 0 Å². The van der Waals surface area contributed by atoms with Crippen molar-refractivity contribution in [1.29, 1.82) is 5.26 Å². The van der Waals surface area contributed by atoms with E-state index in [1.54, 1.807) is 11.4 Å². The monoisotopic (exact) mass is 302 g/mol. The molecule has 0 heterocycles. The maximum absolute atomic E-state index is 11.9. The normalized spacial score (nSPS) is 10.6. The van der Waals surface area contributed by atoms with Crippen molar-refractivity contribution in [2.45, 2.75) is 6.18 Å². The van der Waals surface area contributed by atoms with Gasteiger partial charge in [-0.05, 0) is 12.1 Å². The van der Waals surface area contributed by atoms with Crippen LogP contribution in [0, 0.1) is 21.4 Å². The summed E-state index contributed by atoms with van der Waals surface area (Å²) in [5.41, 5.74) is -0.412. The predicted octanol–water partition coefficient (Wildman–Crippen LogP) is 1.56. The molecule has 1 amide bonds. The van der Waals surface area contributed by atoms with Crippen molar-refractivity contribution >= 4 is 17.3 Å². The van der Waals surface area contributed by atoms with Gasteiger partial charge in [0.2, 0.25) is 5.91 Å². The van der Waals surface area contributed by atoms with E-state index >= 15 is 0 Å². The van der Waals surface area contributed by atoms with Gasteiger partial charge in [0.05, 0.1) is 11.5 Å². The highest BCUT2D eigenvalue weighted by atomic mass is 19.4. The first kappa shape index (κ1) is 16.2. The van der Waals surface area contributed by atoms with Crippen molar-refractivity contribution in [1.82, 2.24) is 5.32 Å². The van der Waals surface area contributed by atoms with Crippen molar-refractivity contribution in [3.05, 3.63) is 33.9 Å². The van der Waals surface area contributed by atoms with Crippen LogP contribution in [0.1, 0.15) is 5.56 Å². The lowest BCUT2D eigenvalue weighted by Gasteiger charge is -2.09. The topological polar surface area (TPSA) is 108 Å². The van der Waals surface area contributed by atoms with E-state index in [9.17, 15) is 28.1 Å². The van der Waals surface area contributed by atoms with Gasteiger partial charge in [0.1, 0.15) is 18.2 Å². The number of benzene rings is 1. The number of rotatable bonds is 5. The molecule has 0 atom stereocenters. The van der Waals surface area contributed by atoms with Crippen LogP contribution >= 0.6 is 0 Å². The molecule has 112 valence electrons. The predicted molar refractivity (Wildman–Crippen MR) is 65.4 cm³/mol. The number of carbonyl (C=O) groups excluding carboxylic acids is 1. The summed E-state index contributed by atoms with van der Waals surface area (Å²) in [5.74, 6) is -0.899. The number of nitro groups is 1. The first-order chi connectivity index (χ1) is 9.73. The lowest BCUT2D eigenvalue weighted by Crippen LogP contribution is -2.37. The number of hydrogen-bond acceptors (Lipinski definition) is 5. The number of alkyl halides is 3. The van der Waals surface area contributed by atoms with Crippen molar-refractivity contribution in [3.8, 4) is 6.07 Å². The van der Waals surface area contributed by atoms with Crippen LogP contribution in [0.3, 0.4) is 0 Å². The summed E-state index contributed by atoms with van der Waals surface area (Å²) < 4.78 is 35.6. The van der Waals surface area contributed by atoms with E-state index in [1.807, 2.05) is 0 Å². The van der Waals surface area contributed by atoms with Crippen LogP contribution in [0.5, 0.6) is 0 Å². The zero-order valence-corrected chi connectivity index (χ0v) is 10.4. The number of nitrogens with one attached hydrogen (secondary N) is 2. The van der Waals surface area contributed by atoms with Gasteiger partial charge in [0.25, 0.3) is 5.69 Å². The molecule has 1 aromatic rings. The van der Waals surface area contributed by atoms with Gasteiger partial charge >= 0.3 is 6.18 Å². The number of nitrogens with zero attached hydrogens (tertiary/aromatic N) is 2. The summed E-state index contributed by atoms with van der Waals surface area (Å²) in [6.07, 6.45) is -4.50. The molecule has 1 rings (SSSR count).